The Kier molecular flexibility index (Phi) is 6.03. The quantitative estimate of drug-likeness (QED) is 0.617. The number of halogens is 5. The molecule has 1 amide bonds. The summed E-state index contributed by atoms with van der Waals surface area (Å²) in [6.07, 6.45) is -4.43. The fraction of sp³-hybridized carbons (Fsp3) is 0.222. The maximum atomic E-state index is 12.7. The van der Waals surface area contributed by atoms with Crippen LogP contribution in [0.5, 0.6) is 0 Å². The number of nitrogens with zero attached hydrogens (tertiary/aromatic N) is 2. The number of amidine groups is 1. The van der Waals surface area contributed by atoms with E-state index in [0.717, 1.165) is 17.7 Å². The Morgan fingerprint density at radius 1 is 1.11 bits per heavy atom. The number of carbonyl (C=O) groups excluding carboxylic acids is 1. The second kappa shape index (κ2) is 8.12. The van der Waals surface area contributed by atoms with Gasteiger partial charge < -0.3 is 0 Å². The fourth-order valence-corrected chi connectivity index (χ4v) is 3.78. The van der Waals surface area contributed by atoms with Crippen LogP contribution < -0.4 is 0 Å². The fourth-order valence-electron chi connectivity index (χ4n) is 2.47. The zero-order chi connectivity index (χ0) is 19.6. The molecule has 1 aliphatic rings. The van der Waals surface area contributed by atoms with Gasteiger partial charge in [-0.15, -0.1) is 0 Å². The molecule has 0 saturated carbocycles. The van der Waals surface area contributed by atoms with Crippen molar-refractivity contribution in [2.24, 2.45) is 4.99 Å². The molecule has 27 heavy (non-hydrogen) atoms. The number of hydrogen-bond acceptors (Lipinski definition) is 3. The largest absolute Gasteiger partial charge is 0.416 e. The first-order valence-electron chi connectivity index (χ1n) is 7.86. The van der Waals surface area contributed by atoms with Gasteiger partial charge in [0.05, 0.1) is 22.2 Å². The minimum Gasteiger partial charge on any atom is -0.286 e. The maximum Gasteiger partial charge on any atom is 0.416 e. The predicted molar refractivity (Wildman–Crippen MR) is 103 cm³/mol. The van der Waals surface area contributed by atoms with Gasteiger partial charge in [-0.1, -0.05) is 41.0 Å². The number of alkyl halides is 3. The third kappa shape index (κ3) is 4.78. The molecule has 0 N–H and O–H groups in total. The lowest BCUT2D eigenvalue weighted by Gasteiger charge is -2.18. The van der Waals surface area contributed by atoms with E-state index in [2.05, 4.69) is 4.99 Å². The monoisotopic (exact) mass is 432 g/mol. The van der Waals surface area contributed by atoms with Crippen molar-refractivity contribution < 1.29 is 18.0 Å². The molecule has 1 heterocycles. The highest BCUT2D eigenvalue weighted by Gasteiger charge is 2.31. The molecule has 0 spiro atoms. The lowest BCUT2D eigenvalue weighted by atomic mass is 10.1. The SMILES string of the molecule is O=C(c1ccc(C(F)(F)F)cc1)N1CCN=C1SCc1ccc(Cl)c(Cl)c1. The van der Waals surface area contributed by atoms with Crippen molar-refractivity contribution in [3.05, 3.63) is 69.2 Å². The first-order chi connectivity index (χ1) is 12.8. The topological polar surface area (TPSA) is 32.7 Å². The maximum absolute atomic E-state index is 12.7. The van der Waals surface area contributed by atoms with E-state index in [1.807, 2.05) is 6.07 Å². The Labute approximate surface area is 168 Å². The molecule has 0 bridgehead atoms. The van der Waals surface area contributed by atoms with E-state index in [1.54, 1.807) is 12.1 Å². The van der Waals surface area contributed by atoms with Crippen LogP contribution in [0.25, 0.3) is 0 Å². The van der Waals surface area contributed by atoms with Crippen molar-refractivity contribution >= 4 is 46.0 Å². The molecular formula is C18H13Cl2F3N2OS. The molecule has 142 valence electrons. The minimum atomic E-state index is -4.43. The number of hydrogen-bond donors (Lipinski definition) is 0. The summed E-state index contributed by atoms with van der Waals surface area (Å²) >= 11 is 13.3. The van der Waals surface area contributed by atoms with Crippen LogP contribution in [0, 0.1) is 0 Å². The number of amides is 1. The van der Waals surface area contributed by atoms with E-state index in [-0.39, 0.29) is 11.5 Å². The van der Waals surface area contributed by atoms with Crippen molar-refractivity contribution in [1.29, 1.82) is 0 Å². The summed E-state index contributed by atoms with van der Waals surface area (Å²) in [7, 11) is 0. The number of carbonyl (C=O) groups is 1. The summed E-state index contributed by atoms with van der Waals surface area (Å²) in [6, 6.07) is 9.45. The summed E-state index contributed by atoms with van der Waals surface area (Å²) in [4.78, 5) is 18.4. The zero-order valence-corrected chi connectivity index (χ0v) is 16.1. The average Bonchev–Trinajstić information content (AvgIpc) is 3.10. The third-order valence-corrected chi connectivity index (χ3v) is 5.68. The Hall–Kier alpha value is -1.70. The van der Waals surface area contributed by atoms with Gasteiger partial charge >= 0.3 is 6.18 Å². The molecule has 3 rings (SSSR count). The van der Waals surface area contributed by atoms with Gasteiger partial charge in [-0.25, -0.2) is 0 Å². The average molecular weight is 433 g/mol. The molecule has 0 fully saturated rings. The van der Waals surface area contributed by atoms with Crippen LogP contribution in [0.4, 0.5) is 13.2 Å². The van der Waals surface area contributed by atoms with Crippen LogP contribution in [-0.4, -0.2) is 29.1 Å². The molecule has 2 aromatic carbocycles. The molecule has 0 aliphatic carbocycles. The summed E-state index contributed by atoms with van der Waals surface area (Å²) in [5.41, 5.74) is 0.321. The lowest BCUT2D eigenvalue weighted by molar-refractivity contribution is -0.137. The molecule has 0 unspecified atom stereocenters. The molecule has 1 aliphatic heterocycles. The van der Waals surface area contributed by atoms with E-state index in [9.17, 15) is 18.0 Å². The van der Waals surface area contributed by atoms with Gasteiger partial charge in [-0.3, -0.25) is 14.7 Å². The second-order valence-electron chi connectivity index (χ2n) is 5.73. The van der Waals surface area contributed by atoms with Gasteiger partial charge in [0, 0.05) is 17.9 Å². The molecule has 0 saturated heterocycles. The minimum absolute atomic E-state index is 0.188. The number of aliphatic imine (C=N–C) groups is 1. The highest BCUT2D eigenvalue weighted by molar-refractivity contribution is 8.13. The van der Waals surface area contributed by atoms with Crippen molar-refractivity contribution in [3.63, 3.8) is 0 Å². The van der Waals surface area contributed by atoms with Gasteiger partial charge in [0.15, 0.2) is 5.17 Å². The highest BCUT2D eigenvalue weighted by Crippen LogP contribution is 2.30. The zero-order valence-electron chi connectivity index (χ0n) is 13.8. The van der Waals surface area contributed by atoms with Crippen LogP contribution in [0.3, 0.4) is 0 Å². The Balaban J connectivity index is 1.68. The van der Waals surface area contributed by atoms with Crippen LogP contribution in [0.2, 0.25) is 10.0 Å². The normalized spacial score (nSPS) is 14.4. The summed E-state index contributed by atoms with van der Waals surface area (Å²) in [5.74, 6) is 0.161. The predicted octanol–water partition coefficient (Wildman–Crippen LogP) is 5.76. The van der Waals surface area contributed by atoms with Gasteiger partial charge in [-0.2, -0.15) is 13.2 Å². The van der Waals surface area contributed by atoms with Crippen molar-refractivity contribution in [2.75, 3.05) is 13.1 Å². The van der Waals surface area contributed by atoms with E-state index in [4.69, 9.17) is 23.2 Å². The van der Waals surface area contributed by atoms with E-state index in [1.165, 1.54) is 28.8 Å². The van der Waals surface area contributed by atoms with Gasteiger partial charge in [0.25, 0.3) is 5.91 Å². The molecular weight excluding hydrogens is 420 g/mol. The van der Waals surface area contributed by atoms with Crippen molar-refractivity contribution in [3.8, 4) is 0 Å². The summed E-state index contributed by atoms with van der Waals surface area (Å²) in [5, 5.41) is 1.44. The molecule has 9 heteroatoms. The van der Waals surface area contributed by atoms with Gasteiger partial charge in [0.1, 0.15) is 0 Å². The van der Waals surface area contributed by atoms with E-state index in [0.29, 0.717) is 34.1 Å². The lowest BCUT2D eigenvalue weighted by Crippen LogP contribution is -2.32. The molecule has 0 aromatic heterocycles. The van der Waals surface area contributed by atoms with Crippen molar-refractivity contribution in [2.45, 2.75) is 11.9 Å². The Morgan fingerprint density at radius 2 is 1.81 bits per heavy atom. The van der Waals surface area contributed by atoms with Crippen LogP contribution in [0.15, 0.2) is 47.5 Å². The van der Waals surface area contributed by atoms with Crippen LogP contribution in [0.1, 0.15) is 21.5 Å². The standard InChI is InChI=1S/C18H13Cl2F3N2OS/c19-14-6-1-11(9-15(14)20)10-27-17-24-7-8-25(17)16(26)12-2-4-13(5-3-12)18(21,22)23/h1-6,9H,7-8,10H2. The Morgan fingerprint density at radius 3 is 2.44 bits per heavy atom. The molecule has 0 radical (unpaired) electrons. The van der Waals surface area contributed by atoms with E-state index < -0.39 is 11.7 Å². The first kappa shape index (κ1) is 20.0. The van der Waals surface area contributed by atoms with Crippen molar-refractivity contribution in [1.82, 2.24) is 4.90 Å². The second-order valence-corrected chi connectivity index (χ2v) is 7.49. The molecule has 3 nitrogen and oxygen atoms in total. The first-order valence-corrected chi connectivity index (χ1v) is 9.60. The summed E-state index contributed by atoms with van der Waals surface area (Å²) in [6.45, 7) is 0.847. The van der Waals surface area contributed by atoms with Gasteiger partial charge in [0.2, 0.25) is 0 Å². The van der Waals surface area contributed by atoms with E-state index >= 15 is 0 Å². The number of rotatable bonds is 3. The number of benzene rings is 2. The van der Waals surface area contributed by atoms with Crippen LogP contribution >= 0.6 is 35.0 Å². The smallest absolute Gasteiger partial charge is 0.286 e. The summed E-state index contributed by atoms with van der Waals surface area (Å²) < 4.78 is 38.0. The highest BCUT2D eigenvalue weighted by atomic mass is 35.5. The molecule has 0 atom stereocenters. The molecule has 2 aromatic rings. The number of thioether (sulfide) groups is 1. The third-order valence-electron chi connectivity index (χ3n) is 3.86. The van der Waals surface area contributed by atoms with Crippen LogP contribution in [-0.2, 0) is 11.9 Å². The Bertz CT molecular complexity index is 885. The van der Waals surface area contributed by atoms with Gasteiger partial charge in [-0.05, 0) is 42.0 Å².